The molecule has 0 aromatic heterocycles. The Bertz CT molecular complexity index is 258. The molecule has 0 spiro atoms. The molecule has 0 N–H and O–H groups in total. The van der Waals surface area contributed by atoms with Crippen molar-refractivity contribution < 1.29 is 14.3 Å². The molecular weight excluding hydrogens is 216 g/mol. The summed E-state index contributed by atoms with van der Waals surface area (Å²) in [5.41, 5.74) is -0.577. The lowest BCUT2D eigenvalue weighted by Gasteiger charge is -2.30. The minimum atomic E-state index is -0.463. The molecule has 0 bridgehead atoms. The topological polar surface area (TPSA) is 35.5 Å². The van der Waals surface area contributed by atoms with Crippen LogP contribution >= 0.6 is 0 Å². The van der Waals surface area contributed by atoms with Gasteiger partial charge in [-0.1, -0.05) is 20.4 Å². The zero-order valence-electron chi connectivity index (χ0n) is 11.8. The molecule has 0 rings (SSSR count). The number of ether oxygens (including phenoxy) is 2. The molecule has 17 heavy (non-hydrogen) atoms. The van der Waals surface area contributed by atoms with Crippen LogP contribution in [-0.4, -0.2) is 23.8 Å². The molecule has 1 unspecified atom stereocenters. The average molecular weight is 242 g/mol. The molecular formula is C14H26O3. The van der Waals surface area contributed by atoms with Gasteiger partial charge in [-0.25, -0.2) is 4.79 Å². The van der Waals surface area contributed by atoms with E-state index in [4.69, 9.17) is 9.47 Å². The van der Waals surface area contributed by atoms with Crippen LogP contribution in [0.25, 0.3) is 0 Å². The normalized spacial score (nSPS) is 15.1. The molecule has 0 radical (unpaired) electrons. The maximum absolute atomic E-state index is 11.2. The van der Waals surface area contributed by atoms with Gasteiger partial charge in [0.15, 0.2) is 0 Å². The largest absolute Gasteiger partial charge is 0.456 e. The summed E-state index contributed by atoms with van der Waals surface area (Å²) in [6, 6.07) is 0. The number of carbonyl (C=O) groups excluding carboxylic acids is 1. The highest BCUT2D eigenvalue weighted by Gasteiger charge is 2.27. The molecule has 0 saturated heterocycles. The highest BCUT2D eigenvalue weighted by atomic mass is 16.6. The number of hydrogen-bond donors (Lipinski definition) is 0. The molecule has 0 aliphatic heterocycles. The summed E-state index contributed by atoms with van der Waals surface area (Å²) in [7, 11) is 0. The zero-order valence-corrected chi connectivity index (χ0v) is 11.8. The molecule has 0 aliphatic carbocycles. The Hall–Kier alpha value is -0.830. The second-order valence-corrected chi connectivity index (χ2v) is 5.14. The van der Waals surface area contributed by atoms with Gasteiger partial charge in [-0.15, -0.1) is 0 Å². The summed E-state index contributed by atoms with van der Waals surface area (Å²) in [5, 5.41) is 0. The van der Waals surface area contributed by atoms with E-state index < -0.39 is 5.60 Å². The Labute approximate surface area is 105 Å². The lowest BCUT2D eigenvalue weighted by molar-refractivity contribution is -0.155. The third-order valence-corrected chi connectivity index (χ3v) is 3.24. The van der Waals surface area contributed by atoms with E-state index in [1.807, 2.05) is 13.8 Å². The minimum Gasteiger partial charge on any atom is -0.456 e. The van der Waals surface area contributed by atoms with E-state index in [9.17, 15) is 4.79 Å². The van der Waals surface area contributed by atoms with Crippen LogP contribution in [0.1, 0.15) is 53.9 Å². The molecule has 0 amide bonds. The first-order chi connectivity index (χ1) is 7.78. The van der Waals surface area contributed by atoms with Gasteiger partial charge in [-0.05, 0) is 33.6 Å². The van der Waals surface area contributed by atoms with Gasteiger partial charge in [0.25, 0.3) is 0 Å². The summed E-state index contributed by atoms with van der Waals surface area (Å²) in [6.45, 7) is 14.1. The number of hydrogen-bond acceptors (Lipinski definition) is 3. The summed E-state index contributed by atoms with van der Waals surface area (Å²) >= 11 is 0. The maximum atomic E-state index is 11.2. The van der Waals surface area contributed by atoms with Gasteiger partial charge in [0.05, 0.1) is 12.2 Å². The van der Waals surface area contributed by atoms with Gasteiger partial charge in [0, 0.05) is 12.5 Å². The fraction of sp³-hybridized carbons (Fsp3) is 0.786. The zero-order chi connectivity index (χ0) is 13.5. The van der Waals surface area contributed by atoms with Gasteiger partial charge in [0.1, 0.15) is 5.60 Å². The fourth-order valence-corrected chi connectivity index (χ4v) is 1.23. The Morgan fingerprint density at radius 2 is 1.82 bits per heavy atom. The lowest BCUT2D eigenvalue weighted by atomic mass is 9.99. The van der Waals surface area contributed by atoms with E-state index in [0.29, 0.717) is 13.0 Å². The van der Waals surface area contributed by atoms with Crippen molar-refractivity contribution >= 4 is 5.97 Å². The third-order valence-electron chi connectivity index (χ3n) is 3.24. The maximum Gasteiger partial charge on any atom is 0.330 e. The van der Waals surface area contributed by atoms with Crippen LogP contribution in [0.2, 0.25) is 0 Å². The van der Waals surface area contributed by atoms with Crippen LogP contribution in [0.4, 0.5) is 0 Å². The molecule has 3 nitrogen and oxygen atoms in total. The summed E-state index contributed by atoms with van der Waals surface area (Å²) in [6.07, 6.45) is 3.63. The summed E-state index contributed by atoms with van der Waals surface area (Å²) in [4.78, 5) is 11.2. The second kappa shape index (κ2) is 6.80. The van der Waals surface area contributed by atoms with Gasteiger partial charge in [-0.2, -0.15) is 0 Å². The van der Waals surface area contributed by atoms with E-state index in [2.05, 4.69) is 27.4 Å². The molecule has 0 aromatic carbocycles. The van der Waals surface area contributed by atoms with Gasteiger partial charge in [0.2, 0.25) is 0 Å². The van der Waals surface area contributed by atoms with Crippen molar-refractivity contribution in [3.05, 3.63) is 12.7 Å². The number of carbonyl (C=O) groups is 1. The SMILES string of the molecule is C=CC(=O)OC(C)(CC)CCOC(C)(C)CC. The Morgan fingerprint density at radius 3 is 2.24 bits per heavy atom. The third kappa shape index (κ3) is 6.47. The predicted molar refractivity (Wildman–Crippen MR) is 69.9 cm³/mol. The quantitative estimate of drug-likeness (QED) is 0.483. The van der Waals surface area contributed by atoms with E-state index in [-0.39, 0.29) is 11.6 Å². The van der Waals surface area contributed by atoms with Crippen LogP contribution in [0.3, 0.4) is 0 Å². The highest BCUT2D eigenvalue weighted by Crippen LogP contribution is 2.22. The Kier molecular flexibility index (Phi) is 6.46. The molecule has 0 fully saturated rings. The molecule has 1 atom stereocenters. The van der Waals surface area contributed by atoms with Gasteiger partial charge < -0.3 is 9.47 Å². The summed E-state index contributed by atoms with van der Waals surface area (Å²) < 4.78 is 11.1. The van der Waals surface area contributed by atoms with Crippen LogP contribution in [0.15, 0.2) is 12.7 Å². The molecule has 3 heteroatoms. The van der Waals surface area contributed by atoms with Crippen LogP contribution in [-0.2, 0) is 14.3 Å². The van der Waals surface area contributed by atoms with Crippen molar-refractivity contribution in [1.29, 1.82) is 0 Å². The monoisotopic (exact) mass is 242 g/mol. The predicted octanol–water partition coefficient (Wildman–Crippen LogP) is 3.48. The standard InChI is InChI=1S/C14H26O3/c1-7-12(15)17-14(6,9-3)10-11-16-13(4,5)8-2/h7H,1,8-11H2,2-6H3. The van der Waals surface area contributed by atoms with Gasteiger partial charge >= 0.3 is 5.97 Å². The van der Waals surface area contributed by atoms with Crippen LogP contribution < -0.4 is 0 Å². The molecule has 0 saturated carbocycles. The lowest BCUT2D eigenvalue weighted by Crippen LogP contribution is -2.34. The fourth-order valence-electron chi connectivity index (χ4n) is 1.23. The summed E-state index contributed by atoms with van der Waals surface area (Å²) in [5.74, 6) is -0.371. The van der Waals surface area contributed by atoms with E-state index >= 15 is 0 Å². The van der Waals surface area contributed by atoms with Crippen molar-refractivity contribution in [1.82, 2.24) is 0 Å². The van der Waals surface area contributed by atoms with Crippen molar-refractivity contribution in [2.45, 2.75) is 65.1 Å². The minimum absolute atomic E-state index is 0.114. The number of rotatable bonds is 8. The first kappa shape index (κ1) is 16.2. The first-order valence-electron chi connectivity index (χ1n) is 6.28. The van der Waals surface area contributed by atoms with Crippen molar-refractivity contribution in [2.24, 2.45) is 0 Å². The molecule has 0 aromatic rings. The van der Waals surface area contributed by atoms with E-state index in [1.54, 1.807) is 0 Å². The van der Waals surface area contributed by atoms with Crippen molar-refractivity contribution in [3.63, 3.8) is 0 Å². The Morgan fingerprint density at radius 1 is 1.24 bits per heavy atom. The van der Waals surface area contributed by atoms with Crippen LogP contribution in [0, 0.1) is 0 Å². The van der Waals surface area contributed by atoms with E-state index in [1.165, 1.54) is 6.08 Å². The van der Waals surface area contributed by atoms with Gasteiger partial charge in [-0.3, -0.25) is 0 Å². The second-order valence-electron chi connectivity index (χ2n) is 5.14. The van der Waals surface area contributed by atoms with Crippen LogP contribution in [0.5, 0.6) is 0 Å². The first-order valence-corrected chi connectivity index (χ1v) is 6.28. The Balaban J connectivity index is 4.21. The van der Waals surface area contributed by atoms with Crippen molar-refractivity contribution in [2.75, 3.05) is 6.61 Å². The molecule has 0 heterocycles. The van der Waals surface area contributed by atoms with E-state index in [0.717, 1.165) is 12.8 Å². The smallest absolute Gasteiger partial charge is 0.330 e. The average Bonchev–Trinajstić information content (AvgIpc) is 2.28. The highest BCUT2D eigenvalue weighted by molar-refractivity contribution is 5.81. The molecule has 0 aliphatic rings. The number of esters is 1. The molecule has 100 valence electrons. The van der Waals surface area contributed by atoms with Crippen molar-refractivity contribution in [3.8, 4) is 0 Å².